The fourth-order valence-electron chi connectivity index (χ4n) is 4.16. The number of fused-ring (bicyclic) bond motifs is 1. The highest BCUT2D eigenvalue weighted by Gasteiger charge is 2.21. The maximum atomic E-state index is 8.89. The second-order valence-electron chi connectivity index (χ2n) is 8.10. The summed E-state index contributed by atoms with van der Waals surface area (Å²) in [7, 11) is 4.32. The van der Waals surface area contributed by atoms with E-state index in [1.807, 2.05) is 28.9 Å². The Bertz CT molecular complexity index is 1040. The van der Waals surface area contributed by atoms with E-state index in [-0.39, 0.29) is 0 Å². The van der Waals surface area contributed by atoms with Crippen molar-refractivity contribution in [2.24, 2.45) is 0 Å². The van der Waals surface area contributed by atoms with Gasteiger partial charge in [-0.25, -0.2) is 14.6 Å². The Morgan fingerprint density at radius 2 is 1.87 bits per heavy atom. The van der Waals surface area contributed by atoms with Crippen molar-refractivity contribution in [3.8, 4) is 17.3 Å². The lowest BCUT2D eigenvalue weighted by Crippen LogP contribution is -2.42. The molecule has 30 heavy (non-hydrogen) atoms. The largest absolute Gasteiger partial charge is 0.383 e. The molecule has 1 aliphatic heterocycles. The summed E-state index contributed by atoms with van der Waals surface area (Å²) in [4.78, 5) is 13.5. The zero-order valence-electron chi connectivity index (χ0n) is 17.6. The number of aromatic nitrogens is 4. The normalized spacial score (nSPS) is 15.7. The number of hydrogen-bond donors (Lipinski definition) is 1. The van der Waals surface area contributed by atoms with Gasteiger partial charge in [0, 0.05) is 18.2 Å². The number of likely N-dealkylation sites (tertiary alicyclic amines) is 1. The summed E-state index contributed by atoms with van der Waals surface area (Å²) in [5, 5.41) is 14.5. The van der Waals surface area contributed by atoms with Crippen LogP contribution in [0.5, 0.6) is 0 Å². The molecule has 0 spiro atoms. The van der Waals surface area contributed by atoms with Gasteiger partial charge in [-0.2, -0.15) is 10.4 Å². The molecule has 0 aliphatic carbocycles. The van der Waals surface area contributed by atoms with Gasteiger partial charge in [-0.05, 0) is 45.6 Å². The predicted molar refractivity (Wildman–Crippen MR) is 118 cm³/mol. The molecule has 2 aromatic heterocycles. The average Bonchev–Trinajstić information content (AvgIpc) is 3.13. The van der Waals surface area contributed by atoms with Crippen molar-refractivity contribution in [2.75, 3.05) is 39.5 Å². The highest BCUT2D eigenvalue weighted by molar-refractivity contribution is 5.98. The SMILES string of the molecule is CN(C)C1CCN(CCn2nc(-c3ccc(CC#N)cc3)c3c(N)ncnc32)CC1. The van der Waals surface area contributed by atoms with E-state index >= 15 is 0 Å². The topological polar surface area (TPSA) is 99.9 Å². The van der Waals surface area contributed by atoms with Crippen molar-refractivity contribution in [2.45, 2.75) is 31.8 Å². The Balaban J connectivity index is 1.56. The van der Waals surface area contributed by atoms with Gasteiger partial charge in [0.1, 0.15) is 17.8 Å². The van der Waals surface area contributed by atoms with E-state index in [2.05, 4.69) is 39.9 Å². The first-order valence-corrected chi connectivity index (χ1v) is 10.4. The lowest BCUT2D eigenvalue weighted by molar-refractivity contribution is 0.141. The van der Waals surface area contributed by atoms with Crippen LogP contribution in [0, 0.1) is 11.3 Å². The molecule has 8 heteroatoms. The van der Waals surface area contributed by atoms with Crippen molar-refractivity contribution in [3.63, 3.8) is 0 Å². The summed E-state index contributed by atoms with van der Waals surface area (Å²) in [5.41, 5.74) is 9.69. The molecule has 1 fully saturated rings. The molecule has 4 rings (SSSR count). The minimum absolute atomic E-state index is 0.394. The van der Waals surface area contributed by atoms with E-state index in [4.69, 9.17) is 16.1 Å². The van der Waals surface area contributed by atoms with Crippen LogP contribution < -0.4 is 5.73 Å². The zero-order chi connectivity index (χ0) is 21.1. The monoisotopic (exact) mass is 404 g/mol. The summed E-state index contributed by atoms with van der Waals surface area (Å²) < 4.78 is 1.95. The van der Waals surface area contributed by atoms with Crippen LogP contribution in [-0.4, -0.2) is 69.3 Å². The smallest absolute Gasteiger partial charge is 0.164 e. The molecule has 0 radical (unpaired) electrons. The van der Waals surface area contributed by atoms with E-state index < -0.39 is 0 Å². The third-order valence-electron chi connectivity index (χ3n) is 5.98. The quantitative estimate of drug-likeness (QED) is 0.672. The molecule has 3 aromatic rings. The maximum Gasteiger partial charge on any atom is 0.164 e. The van der Waals surface area contributed by atoms with E-state index in [1.54, 1.807) is 0 Å². The van der Waals surface area contributed by atoms with Gasteiger partial charge in [0.15, 0.2) is 5.65 Å². The highest BCUT2D eigenvalue weighted by Crippen LogP contribution is 2.30. The molecule has 0 unspecified atom stereocenters. The molecule has 0 saturated carbocycles. The van der Waals surface area contributed by atoms with Gasteiger partial charge in [-0.3, -0.25) is 0 Å². The zero-order valence-corrected chi connectivity index (χ0v) is 17.6. The number of anilines is 1. The minimum atomic E-state index is 0.394. The summed E-state index contributed by atoms with van der Waals surface area (Å²) >= 11 is 0. The van der Waals surface area contributed by atoms with Gasteiger partial charge in [-0.1, -0.05) is 24.3 Å². The Hall–Kier alpha value is -3.02. The second kappa shape index (κ2) is 8.78. The van der Waals surface area contributed by atoms with Crippen LogP contribution in [0.3, 0.4) is 0 Å². The first-order chi connectivity index (χ1) is 14.6. The van der Waals surface area contributed by atoms with Crippen molar-refractivity contribution in [1.29, 1.82) is 5.26 Å². The summed E-state index contributed by atoms with van der Waals surface area (Å²) in [6.45, 7) is 3.90. The van der Waals surface area contributed by atoms with Crippen LogP contribution in [0.25, 0.3) is 22.3 Å². The van der Waals surface area contributed by atoms with Crippen molar-refractivity contribution < 1.29 is 0 Å². The van der Waals surface area contributed by atoms with Gasteiger partial charge in [0.25, 0.3) is 0 Å². The van der Waals surface area contributed by atoms with Crippen molar-refractivity contribution in [3.05, 3.63) is 36.2 Å². The molecule has 0 atom stereocenters. The number of piperidine rings is 1. The van der Waals surface area contributed by atoms with Crippen LogP contribution >= 0.6 is 0 Å². The standard InChI is InChI=1S/C22H28N8/c1-28(2)18-8-11-29(12-9-18)13-14-30-22-19(21(24)25-15-26-22)20(27-30)17-5-3-16(4-6-17)7-10-23/h3-6,15,18H,7-9,11-14H2,1-2H3,(H2,24,25,26). The van der Waals surface area contributed by atoms with Crippen LogP contribution in [0.1, 0.15) is 18.4 Å². The van der Waals surface area contributed by atoms with Gasteiger partial charge in [-0.15, -0.1) is 0 Å². The molecule has 3 heterocycles. The Kier molecular flexibility index (Phi) is 5.93. The number of nitrogen functional groups attached to an aromatic ring is 1. The molecule has 0 amide bonds. The predicted octanol–water partition coefficient (Wildman–Crippen LogP) is 2.17. The van der Waals surface area contributed by atoms with Crippen molar-refractivity contribution in [1.82, 2.24) is 29.5 Å². The third-order valence-corrected chi connectivity index (χ3v) is 5.98. The van der Waals surface area contributed by atoms with E-state index in [9.17, 15) is 0 Å². The first kappa shape index (κ1) is 20.3. The number of hydrogen-bond acceptors (Lipinski definition) is 7. The first-order valence-electron chi connectivity index (χ1n) is 10.4. The lowest BCUT2D eigenvalue weighted by Gasteiger charge is -2.35. The van der Waals surface area contributed by atoms with Gasteiger partial charge >= 0.3 is 0 Å². The number of nitrogens with zero attached hydrogens (tertiary/aromatic N) is 7. The molecule has 1 aromatic carbocycles. The van der Waals surface area contributed by atoms with Crippen LogP contribution in [0.2, 0.25) is 0 Å². The lowest BCUT2D eigenvalue weighted by atomic mass is 10.0. The van der Waals surface area contributed by atoms with Gasteiger partial charge in [0.05, 0.1) is 24.4 Å². The molecular weight excluding hydrogens is 376 g/mol. The van der Waals surface area contributed by atoms with Crippen LogP contribution in [0.4, 0.5) is 5.82 Å². The Labute approximate surface area is 176 Å². The third kappa shape index (κ3) is 4.13. The Morgan fingerprint density at radius 1 is 1.13 bits per heavy atom. The number of nitriles is 1. The Morgan fingerprint density at radius 3 is 2.53 bits per heavy atom. The molecule has 8 nitrogen and oxygen atoms in total. The second-order valence-corrected chi connectivity index (χ2v) is 8.10. The fraction of sp³-hybridized carbons (Fsp3) is 0.455. The fourth-order valence-corrected chi connectivity index (χ4v) is 4.16. The molecular formula is C22H28N8. The van der Waals surface area contributed by atoms with Crippen molar-refractivity contribution >= 4 is 16.9 Å². The molecule has 2 N–H and O–H groups in total. The number of nitrogens with two attached hydrogens (primary N) is 1. The van der Waals surface area contributed by atoms with Gasteiger partial charge < -0.3 is 15.5 Å². The van der Waals surface area contributed by atoms with Crippen LogP contribution in [-0.2, 0) is 13.0 Å². The summed E-state index contributed by atoms with van der Waals surface area (Å²) in [6.07, 6.45) is 4.29. The molecule has 1 saturated heterocycles. The number of benzene rings is 1. The summed E-state index contributed by atoms with van der Waals surface area (Å²) in [6, 6.07) is 10.7. The van der Waals surface area contributed by atoms with Crippen LogP contribution in [0.15, 0.2) is 30.6 Å². The minimum Gasteiger partial charge on any atom is -0.383 e. The molecule has 0 bridgehead atoms. The highest BCUT2D eigenvalue weighted by atomic mass is 15.3. The summed E-state index contributed by atoms with van der Waals surface area (Å²) in [5.74, 6) is 0.439. The molecule has 156 valence electrons. The van der Waals surface area contributed by atoms with E-state index in [0.717, 1.165) is 54.0 Å². The number of rotatable bonds is 6. The van der Waals surface area contributed by atoms with E-state index in [0.29, 0.717) is 18.3 Å². The average molecular weight is 405 g/mol. The van der Waals surface area contributed by atoms with Gasteiger partial charge in [0.2, 0.25) is 0 Å². The molecule has 1 aliphatic rings. The maximum absolute atomic E-state index is 8.89. The van der Waals surface area contributed by atoms with E-state index in [1.165, 1.54) is 19.2 Å².